The number of aromatic nitrogens is 4. The summed E-state index contributed by atoms with van der Waals surface area (Å²) in [5.74, 6) is 0.631. The molecule has 190 valence electrons. The van der Waals surface area contributed by atoms with Gasteiger partial charge in [-0.1, -0.05) is 19.3 Å². The minimum absolute atomic E-state index is 0.120. The Bertz CT molecular complexity index is 1360. The largest absolute Gasteiger partial charge is 0.496 e. The number of fused-ring (bicyclic) bond motifs is 1. The van der Waals surface area contributed by atoms with Crippen molar-refractivity contribution in [3.8, 4) is 17.1 Å². The molecule has 0 aliphatic heterocycles. The third-order valence-corrected chi connectivity index (χ3v) is 8.53. The van der Waals surface area contributed by atoms with Crippen molar-refractivity contribution in [2.24, 2.45) is 0 Å². The zero-order chi connectivity index (χ0) is 25.2. The quantitative estimate of drug-likeness (QED) is 0.432. The summed E-state index contributed by atoms with van der Waals surface area (Å²) in [5.41, 5.74) is 1.98. The summed E-state index contributed by atoms with van der Waals surface area (Å²) >= 11 is 0. The van der Waals surface area contributed by atoms with Crippen LogP contribution in [0, 0.1) is 6.92 Å². The molecule has 2 heterocycles. The molecule has 35 heavy (non-hydrogen) atoms. The van der Waals surface area contributed by atoms with Crippen molar-refractivity contribution in [1.29, 1.82) is 0 Å². The van der Waals surface area contributed by atoms with Gasteiger partial charge in [0, 0.05) is 19.7 Å². The van der Waals surface area contributed by atoms with E-state index >= 15 is 0 Å². The Morgan fingerprint density at radius 2 is 2.00 bits per heavy atom. The van der Waals surface area contributed by atoms with E-state index in [1.165, 1.54) is 30.0 Å². The fourth-order valence-corrected chi connectivity index (χ4v) is 5.94. The first-order valence-corrected chi connectivity index (χ1v) is 13.5. The van der Waals surface area contributed by atoms with Crippen LogP contribution >= 0.6 is 0 Å². The van der Waals surface area contributed by atoms with Crippen LogP contribution in [-0.4, -0.2) is 66.8 Å². The van der Waals surface area contributed by atoms with E-state index in [4.69, 9.17) is 9.72 Å². The molecule has 11 heteroatoms. The molecular weight excluding hydrogens is 468 g/mol. The lowest BCUT2D eigenvalue weighted by Crippen LogP contribution is -2.29. The highest BCUT2D eigenvalue weighted by Gasteiger charge is 2.25. The van der Waals surface area contributed by atoms with Crippen LogP contribution in [0.15, 0.2) is 27.9 Å². The lowest BCUT2D eigenvalue weighted by Gasteiger charge is -2.22. The van der Waals surface area contributed by atoms with E-state index in [0.29, 0.717) is 46.8 Å². The van der Waals surface area contributed by atoms with E-state index in [1.807, 2.05) is 18.7 Å². The van der Waals surface area contributed by atoms with Gasteiger partial charge < -0.3 is 15.0 Å². The summed E-state index contributed by atoms with van der Waals surface area (Å²) < 4.78 is 34.8. The normalized spacial score (nSPS) is 15.2. The lowest BCUT2D eigenvalue weighted by molar-refractivity contribution is 0.336. The molecule has 3 aromatic rings. The van der Waals surface area contributed by atoms with E-state index in [1.54, 1.807) is 13.1 Å². The van der Waals surface area contributed by atoms with Crippen LogP contribution in [0.3, 0.4) is 0 Å². The van der Waals surface area contributed by atoms with E-state index in [0.717, 1.165) is 32.2 Å². The molecule has 2 N–H and O–H groups in total. The van der Waals surface area contributed by atoms with Gasteiger partial charge in [0.2, 0.25) is 10.0 Å². The molecule has 10 nitrogen and oxygen atoms in total. The van der Waals surface area contributed by atoms with Gasteiger partial charge in [0.15, 0.2) is 5.52 Å². The molecule has 4 rings (SSSR count). The molecule has 1 fully saturated rings. The Hall–Kier alpha value is -2.76. The van der Waals surface area contributed by atoms with Crippen LogP contribution in [0.2, 0.25) is 0 Å². The van der Waals surface area contributed by atoms with Crippen LogP contribution < -0.4 is 15.6 Å². The number of hydrogen-bond acceptors (Lipinski definition) is 7. The fraction of sp³-hybridized carbons (Fsp3) is 0.542. The molecule has 0 amide bonds. The Morgan fingerprint density at radius 3 is 2.69 bits per heavy atom. The van der Waals surface area contributed by atoms with Gasteiger partial charge in [-0.05, 0) is 51.9 Å². The second-order valence-corrected chi connectivity index (χ2v) is 11.1. The minimum Gasteiger partial charge on any atom is -0.496 e. The highest BCUT2D eigenvalue weighted by Crippen LogP contribution is 2.33. The summed E-state index contributed by atoms with van der Waals surface area (Å²) in [6, 6.07) is 4.82. The van der Waals surface area contributed by atoms with E-state index < -0.39 is 10.0 Å². The molecule has 2 aromatic heterocycles. The third kappa shape index (κ3) is 4.98. The van der Waals surface area contributed by atoms with E-state index in [-0.39, 0.29) is 16.5 Å². The number of aryl methyl sites for hydroxylation is 1. The summed E-state index contributed by atoms with van der Waals surface area (Å²) in [5, 5.41) is 7.68. The maximum Gasteiger partial charge on any atom is 0.277 e. The molecule has 1 aliphatic carbocycles. The smallest absolute Gasteiger partial charge is 0.277 e. The van der Waals surface area contributed by atoms with Crippen molar-refractivity contribution in [2.45, 2.75) is 56.4 Å². The van der Waals surface area contributed by atoms with Gasteiger partial charge in [0.1, 0.15) is 17.1 Å². The maximum atomic E-state index is 13.2. The molecule has 0 spiro atoms. The van der Waals surface area contributed by atoms with Gasteiger partial charge in [-0.25, -0.2) is 17.7 Å². The van der Waals surface area contributed by atoms with Crippen molar-refractivity contribution in [1.82, 2.24) is 29.4 Å². The highest BCUT2D eigenvalue weighted by atomic mass is 32.2. The predicted molar refractivity (Wildman–Crippen MR) is 135 cm³/mol. The number of ether oxygens (including phenoxy) is 1. The molecule has 1 saturated carbocycles. The number of nitrogens with one attached hydrogen (secondary N) is 2. The monoisotopic (exact) mass is 502 g/mol. The topological polar surface area (TPSA) is 122 Å². The molecule has 0 saturated heterocycles. The molecule has 1 aromatic carbocycles. The maximum absolute atomic E-state index is 13.2. The van der Waals surface area contributed by atoms with Crippen LogP contribution in [0.25, 0.3) is 22.4 Å². The van der Waals surface area contributed by atoms with Crippen molar-refractivity contribution in [3.63, 3.8) is 0 Å². The number of rotatable bonds is 9. The number of H-pyrrole nitrogens is 1. The Labute approximate surface area is 205 Å². The summed E-state index contributed by atoms with van der Waals surface area (Å²) in [7, 11) is 1.17. The van der Waals surface area contributed by atoms with Crippen molar-refractivity contribution >= 4 is 21.1 Å². The van der Waals surface area contributed by atoms with Crippen LogP contribution in [-0.2, 0) is 10.0 Å². The third-order valence-electron chi connectivity index (χ3n) is 6.68. The van der Waals surface area contributed by atoms with Crippen LogP contribution in [0.1, 0.15) is 50.3 Å². The van der Waals surface area contributed by atoms with Crippen molar-refractivity contribution in [2.75, 3.05) is 34.3 Å². The molecule has 0 radical (unpaired) electrons. The molecule has 0 bridgehead atoms. The fourth-order valence-electron chi connectivity index (χ4n) is 4.71. The van der Waals surface area contributed by atoms with Gasteiger partial charge in [0.25, 0.3) is 5.56 Å². The second-order valence-electron chi connectivity index (χ2n) is 9.08. The molecule has 0 unspecified atom stereocenters. The predicted octanol–water partition coefficient (Wildman–Crippen LogP) is 2.84. The van der Waals surface area contributed by atoms with Gasteiger partial charge in [0.05, 0.1) is 29.3 Å². The molecule has 0 atom stereocenters. The number of nitrogens with zero attached hydrogens (tertiary/aromatic N) is 4. The average molecular weight is 503 g/mol. The molecular formula is C24H34N6O4S. The van der Waals surface area contributed by atoms with Gasteiger partial charge >= 0.3 is 0 Å². The van der Waals surface area contributed by atoms with Gasteiger partial charge in [-0.15, -0.1) is 0 Å². The first-order valence-electron chi connectivity index (χ1n) is 12.1. The minimum atomic E-state index is -3.69. The number of methoxy groups -OCH3 is 1. The van der Waals surface area contributed by atoms with Crippen LogP contribution in [0.5, 0.6) is 5.75 Å². The average Bonchev–Trinajstić information content (AvgIpc) is 3.21. The number of hydrogen-bond donors (Lipinski definition) is 2. The summed E-state index contributed by atoms with van der Waals surface area (Å²) in [4.78, 5) is 20.9. The lowest BCUT2D eigenvalue weighted by atomic mass is 9.95. The SMILES string of the molecule is CNCCCN(C)S(=O)(=O)c1ccc(-c2nc3c(C)nn(C4CCCCC4)c3c(=O)[nH]2)c(OC)c1. The number of aromatic amines is 1. The Balaban J connectivity index is 1.72. The standard InChI is InChI=1S/C24H34N6O4S/c1-16-21-22(30(28-16)17-9-6-5-7-10-17)24(31)27-23(26-21)19-12-11-18(15-20(19)34-4)35(32,33)29(3)14-8-13-25-2/h11-12,15,17,25H,5-10,13-14H2,1-4H3,(H,26,27,31). The zero-order valence-electron chi connectivity index (χ0n) is 20.8. The first kappa shape index (κ1) is 25.3. The van der Waals surface area contributed by atoms with Crippen molar-refractivity contribution in [3.05, 3.63) is 34.2 Å². The number of sulfonamides is 1. The van der Waals surface area contributed by atoms with Gasteiger partial charge in [-0.2, -0.15) is 5.10 Å². The van der Waals surface area contributed by atoms with Gasteiger partial charge in [-0.3, -0.25) is 9.48 Å². The summed E-state index contributed by atoms with van der Waals surface area (Å²) in [6.07, 6.45) is 6.18. The van der Waals surface area contributed by atoms with E-state index in [9.17, 15) is 13.2 Å². The first-order chi connectivity index (χ1) is 16.8. The molecule has 1 aliphatic rings. The van der Waals surface area contributed by atoms with Crippen LogP contribution in [0.4, 0.5) is 0 Å². The number of benzene rings is 1. The zero-order valence-corrected chi connectivity index (χ0v) is 21.6. The highest BCUT2D eigenvalue weighted by molar-refractivity contribution is 7.89. The Morgan fingerprint density at radius 1 is 1.26 bits per heavy atom. The second kappa shape index (κ2) is 10.5. The summed E-state index contributed by atoms with van der Waals surface area (Å²) in [6.45, 7) is 2.97. The van der Waals surface area contributed by atoms with E-state index in [2.05, 4.69) is 15.4 Å². The Kier molecular flexibility index (Phi) is 7.58. The van der Waals surface area contributed by atoms with Crippen molar-refractivity contribution < 1.29 is 13.2 Å².